The van der Waals surface area contributed by atoms with Crippen LogP contribution in [0.5, 0.6) is 5.75 Å². The Bertz CT molecular complexity index is 1160. The molecule has 4 aromatic rings. The van der Waals surface area contributed by atoms with Crippen molar-refractivity contribution in [3.8, 4) is 5.75 Å². The molecule has 0 unspecified atom stereocenters. The minimum atomic E-state index is -0.418. The quantitative estimate of drug-likeness (QED) is 0.439. The molecular formula is C25H22ClN3O2. The standard InChI is InChI=1S/C25H22ClN3O2/c1-29-15-14-27-24(29)23(19-10-12-21(26)13-11-19)28-25(30)20-8-5-9-22(16-20)31-17-18-6-3-2-4-7-18/h2-16,23H,17H2,1H3,(H,28,30)/t23-/m1/s1. The molecule has 1 amide bonds. The van der Waals surface area contributed by atoms with E-state index in [0.29, 0.717) is 22.9 Å². The van der Waals surface area contributed by atoms with Gasteiger partial charge in [-0.3, -0.25) is 4.79 Å². The predicted octanol–water partition coefficient (Wildman–Crippen LogP) is 5.17. The number of benzene rings is 3. The number of carbonyl (C=O) groups is 1. The first kappa shape index (κ1) is 20.7. The summed E-state index contributed by atoms with van der Waals surface area (Å²) >= 11 is 6.04. The Kier molecular flexibility index (Phi) is 6.34. The molecule has 0 saturated carbocycles. The Morgan fingerprint density at radius 2 is 1.84 bits per heavy atom. The fourth-order valence-electron chi connectivity index (χ4n) is 3.29. The summed E-state index contributed by atoms with van der Waals surface area (Å²) in [6, 6.07) is 24.0. The van der Waals surface area contributed by atoms with Crippen molar-refractivity contribution in [1.82, 2.24) is 14.9 Å². The number of carbonyl (C=O) groups excluding carboxylic acids is 1. The Labute approximate surface area is 186 Å². The largest absolute Gasteiger partial charge is 0.489 e. The number of rotatable bonds is 7. The molecular weight excluding hydrogens is 410 g/mol. The van der Waals surface area contributed by atoms with Gasteiger partial charge in [-0.05, 0) is 41.5 Å². The number of hydrogen-bond donors (Lipinski definition) is 1. The molecule has 0 fully saturated rings. The summed E-state index contributed by atoms with van der Waals surface area (Å²) in [5.74, 6) is 1.15. The molecule has 0 aliphatic rings. The third-order valence-corrected chi connectivity index (χ3v) is 5.19. The molecule has 1 N–H and O–H groups in total. The van der Waals surface area contributed by atoms with Gasteiger partial charge in [-0.25, -0.2) is 4.98 Å². The highest BCUT2D eigenvalue weighted by atomic mass is 35.5. The second-order valence-electron chi connectivity index (χ2n) is 7.16. The number of ether oxygens (including phenoxy) is 1. The average Bonchev–Trinajstić information content (AvgIpc) is 3.23. The van der Waals surface area contributed by atoms with E-state index in [4.69, 9.17) is 16.3 Å². The number of halogens is 1. The lowest BCUT2D eigenvalue weighted by atomic mass is 10.1. The average molecular weight is 432 g/mol. The molecule has 0 bridgehead atoms. The summed E-state index contributed by atoms with van der Waals surface area (Å²) in [4.78, 5) is 17.5. The predicted molar refractivity (Wildman–Crippen MR) is 121 cm³/mol. The van der Waals surface area contributed by atoms with Crippen LogP contribution in [0.15, 0.2) is 91.3 Å². The van der Waals surface area contributed by atoms with Gasteiger partial charge >= 0.3 is 0 Å². The first-order chi connectivity index (χ1) is 15.1. The maximum atomic E-state index is 13.1. The topological polar surface area (TPSA) is 56.2 Å². The van der Waals surface area contributed by atoms with Crippen LogP contribution in [-0.4, -0.2) is 15.5 Å². The van der Waals surface area contributed by atoms with Gasteiger partial charge in [0.25, 0.3) is 5.91 Å². The van der Waals surface area contributed by atoms with E-state index in [1.165, 1.54) is 0 Å². The maximum Gasteiger partial charge on any atom is 0.252 e. The van der Waals surface area contributed by atoms with E-state index in [-0.39, 0.29) is 5.91 Å². The molecule has 0 aliphatic carbocycles. The molecule has 0 spiro atoms. The van der Waals surface area contributed by atoms with Crippen LogP contribution in [0.4, 0.5) is 0 Å². The third kappa shape index (κ3) is 5.13. The van der Waals surface area contributed by atoms with Crippen LogP contribution < -0.4 is 10.1 Å². The number of nitrogens with zero attached hydrogens (tertiary/aromatic N) is 2. The molecule has 1 aromatic heterocycles. The number of aryl methyl sites for hydroxylation is 1. The monoisotopic (exact) mass is 431 g/mol. The smallest absolute Gasteiger partial charge is 0.252 e. The van der Waals surface area contributed by atoms with Crippen LogP contribution in [0.3, 0.4) is 0 Å². The fraction of sp³-hybridized carbons (Fsp3) is 0.120. The zero-order valence-electron chi connectivity index (χ0n) is 17.0. The van der Waals surface area contributed by atoms with Crippen molar-refractivity contribution in [2.24, 2.45) is 7.05 Å². The Morgan fingerprint density at radius 3 is 2.55 bits per heavy atom. The minimum Gasteiger partial charge on any atom is -0.489 e. The normalized spacial score (nSPS) is 11.7. The van der Waals surface area contributed by atoms with E-state index in [2.05, 4.69) is 10.3 Å². The van der Waals surface area contributed by atoms with Crippen molar-refractivity contribution in [2.45, 2.75) is 12.6 Å². The van der Waals surface area contributed by atoms with Crippen LogP contribution in [0.25, 0.3) is 0 Å². The molecule has 1 heterocycles. The van der Waals surface area contributed by atoms with Crippen LogP contribution in [-0.2, 0) is 13.7 Å². The lowest BCUT2D eigenvalue weighted by Crippen LogP contribution is -2.31. The van der Waals surface area contributed by atoms with Crippen molar-refractivity contribution in [2.75, 3.05) is 0 Å². The van der Waals surface area contributed by atoms with E-state index in [1.54, 1.807) is 30.5 Å². The van der Waals surface area contributed by atoms with Gasteiger partial charge in [-0.1, -0.05) is 60.1 Å². The van der Waals surface area contributed by atoms with Crippen molar-refractivity contribution in [1.29, 1.82) is 0 Å². The van der Waals surface area contributed by atoms with E-state index in [9.17, 15) is 4.79 Å². The molecule has 6 heteroatoms. The highest BCUT2D eigenvalue weighted by Gasteiger charge is 2.21. The van der Waals surface area contributed by atoms with Crippen molar-refractivity contribution < 1.29 is 9.53 Å². The van der Waals surface area contributed by atoms with Gasteiger partial charge in [0, 0.05) is 30.0 Å². The van der Waals surface area contributed by atoms with Crippen LogP contribution in [0.2, 0.25) is 5.02 Å². The highest BCUT2D eigenvalue weighted by molar-refractivity contribution is 6.30. The number of aromatic nitrogens is 2. The summed E-state index contributed by atoms with van der Waals surface area (Å²) in [6.45, 7) is 0.437. The zero-order valence-corrected chi connectivity index (χ0v) is 17.8. The van der Waals surface area contributed by atoms with Gasteiger partial charge in [0.05, 0.1) is 0 Å². The van der Waals surface area contributed by atoms with Gasteiger partial charge in [0.1, 0.15) is 24.2 Å². The second-order valence-corrected chi connectivity index (χ2v) is 7.59. The zero-order chi connectivity index (χ0) is 21.6. The summed E-state index contributed by atoms with van der Waals surface area (Å²) in [5.41, 5.74) is 2.47. The van der Waals surface area contributed by atoms with E-state index < -0.39 is 6.04 Å². The van der Waals surface area contributed by atoms with Crippen LogP contribution >= 0.6 is 11.6 Å². The van der Waals surface area contributed by atoms with Gasteiger partial charge in [0.15, 0.2) is 0 Å². The number of amides is 1. The molecule has 5 nitrogen and oxygen atoms in total. The first-order valence-corrected chi connectivity index (χ1v) is 10.3. The van der Waals surface area contributed by atoms with Gasteiger partial charge < -0.3 is 14.6 Å². The number of imidazole rings is 1. The SMILES string of the molecule is Cn1ccnc1[C@H](NC(=O)c1cccc(OCc2ccccc2)c1)c1ccc(Cl)cc1. The Morgan fingerprint density at radius 1 is 1.06 bits per heavy atom. The molecule has 0 radical (unpaired) electrons. The maximum absolute atomic E-state index is 13.1. The summed E-state index contributed by atoms with van der Waals surface area (Å²) in [6.07, 6.45) is 3.56. The van der Waals surface area contributed by atoms with Crippen LogP contribution in [0, 0.1) is 0 Å². The Hall–Kier alpha value is -3.57. The molecule has 31 heavy (non-hydrogen) atoms. The van der Waals surface area contributed by atoms with Gasteiger partial charge in [0.2, 0.25) is 0 Å². The van der Waals surface area contributed by atoms with Gasteiger partial charge in [-0.2, -0.15) is 0 Å². The summed E-state index contributed by atoms with van der Waals surface area (Å²) in [7, 11) is 1.90. The number of hydrogen-bond acceptors (Lipinski definition) is 3. The van der Waals surface area contributed by atoms with E-state index in [0.717, 1.165) is 17.0 Å². The summed E-state index contributed by atoms with van der Waals surface area (Å²) < 4.78 is 7.75. The number of nitrogens with one attached hydrogen (secondary N) is 1. The third-order valence-electron chi connectivity index (χ3n) is 4.94. The minimum absolute atomic E-state index is 0.215. The van der Waals surface area contributed by atoms with E-state index in [1.807, 2.05) is 72.4 Å². The first-order valence-electron chi connectivity index (χ1n) is 9.90. The molecule has 156 valence electrons. The summed E-state index contributed by atoms with van der Waals surface area (Å²) in [5, 5.41) is 3.73. The fourth-order valence-corrected chi connectivity index (χ4v) is 3.42. The Balaban J connectivity index is 1.53. The molecule has 4 rings (SSSR count). The van der Waals surface area contributed by atoms with Crippen molar-refractivity contribution in [3.05, 3.63) is 119 Å². The lowest BCUT2D eigenvalue weighted by molar-refractivity contribution is 0.0940. The second kappa shape index (κ2) is 9.49. The van der Waals surface area contributed by atoms with Crippen molar-refractivity contribution in [3.63, 3.8) is 0 Å². The molecule has 0 aliphatic heterocycles. The van der Waals surface area contributed by atoms with E-state index >= 15 is 0 Å². The highest BCUT2D eigenvalue weighted by Crippen LogP contribution is 2.23. The van der Waals surface area contributed by atoms with Crippen molar-refractivity contribution >= 4 is 17.5 Å². The lowest BCUT2D eigenvalue weighted by Gasteiger charge is -2.19. The van der Waals surface area contributed by atoms with Gasteiger partial charge in [-0.15, -0.1) is 0 Å². The molecule has 3 aromatic carbocycles. The molecule has 1 atom stereocenters. The molecule has 0 saturated heterocycles. The van der Waals surface area contributed by atoms with Crippen LogP contribution in [0.1, 0.15) is 33.4 Å².